The first-order chi connectivity index (χ1) is 15.0. The summed E-state index contributed by atoms with van der Waals surface area (Å²) in [6.07, 6.45) is 0.466. The minimum atomic E-state index is -0.636. The Kier molecular flexibility index (Phi) is 9.41. The Morgan fingerprint density at radius 2 is 1.75 bits per heavy atom. The highest BCUT2D eigenvalue weighted by molar-refractivity contribution is 6.42. The number of nitrogens with zero attached hydrogens (tertiary/aromatic N) is 1. The number of ether oxygens (including phenoxy) is 1. The van der Waals surface area contributed by atoms with Crippen LogP contribution in [0.15, 0.2) is 30.3 Å². The molecule has 2 aromatic carbocycles. The van der Waals surface area contributed by atoms with Gasteiger partial charge in [0.25, 0.3) is 5.91 Å². The van der Waals surface area contributed by atoms with Crippen LogP contribution < -0.4 is 10.1 Å². The maximum atomic E-state index is 13.3. The van der Waals surface area contributed by atoms with E-state index in [2.05, 4.69) is 11.4 Å². The minimum Gasteiger partial charge on any atom is -0.483 e. The second kappa shape index (κ2) is 11.6. The van der Waals surface area contributed by atoms with Gasteiger partial charge in [-0.25, -0.2) is 0 Å². The molecule has 32 heavy (non-hydrogen) atoms. The van der Waals surface area contributed by atoms with Crippen molar-refractivity contribution in [1.82, 2.24) is 10.2 Å². The molecule has 0 saturated carbocycles. The van der Waals surface area contributed by atoms with Crippen molar-refractivity contribution in [2.45, 2.75) is 66.6 Å². The van der Waals surface area contributed by atoms with Crippen LogP contribution in [0.25, 0.3) is 0 Å². The van der Waals surface area contributed by atoms with Crippen molar-refractivity contribution in [2.75, 3.05) is 6.61 Å². The minimum absolute atomic E-state index is 0.0346. The summed E-state index contributed by atoms with van der Waals surface area (Å²) in [5.74, 6) is 0.198. The standard InChI is InChI=1S/C25H32Cl2N2O3/c1-7-22(25(31)28-15(2)3)29(13-19-8-9-20(26)21(27)12-19)24(30)14-32-23-11-16(4)10-17(5)18(23)6/h8-12,15,22H,7,13-14H2,1-6H3,(H,28,31). The summed E-state index contributed by atoms with van der Waals surface area (Å²) >= 11 is 12.2. The van der Waals surface area contributed by atoms with E-state index in [1.165, 1.54) is 0 Å². The average molecular weight is 479 g/mol. The van der Waals surface area contributed by atoms with Gasteiger partial charge < -0.3 is 15.0 Å². The first-order valence-electron chi connectivity index (χ1n) is 10.8. The van der Waals surface area contributed by atoms with Crippen LogP contribution in [0.3, 0.4) is 0 Å². The monoisotopic (exact) mass is 478 g/mol. The molecular formula is C25H32Cl2N2O3. The van der Waals surface area contributed by atoms with Crippen molar-refractivity contribution in [3.63, 3.8) is 0 Å². The number of amides is 2. The van der Waals surface area contributed by atoms with Crippen molar-refractivity contribution in [3.8, 4) is 5.75 Å². The smallest absolute Gasteiger partial charge is 0.261 e. The van der Waals surface area contributed by atoms with Crippen LogP contribution in [-0.2, 0) is 16.1 Å². The lowest BCUT2D eigenvalue weighted by atomic mass is 10.1. The molecule has 7 heteroatoms. The SMILES string of the molecule is CCC(C(=O)NC(C)C)N(Cc1ccc(Cl)c(Cl)c1)C(=O)COc1cc(C)cc(C)c1C. The summed E-state index contributed by atoms with van der Waals surface area (Å²) in [5.41, 5.74) is 3.93. The van der Waals surface area contributed by atoms with Crippen molar-refractivity contribution >= 4 is 35.0 Å². The Bertz CT molecular complexity index is 976. The highest BCUT2D eigenvalue weighted by Crippen LogP contribution is 2.25. The normalized spacial score (nSPS) is 11.9. The zero-order valence-corrected chi connectivity index (χ0v) is 21.1. The van der Waals surface area contributed by atoms with E-state index in [9.17, 15) is 9.59 Å². The molecule has 1 unspecified atom stereocenters. The number of carbonyl (C=O) groups excluding carboxylic acids is 2. The molecule has 0 aliphatic carbocycles. The number of nitrogens with one attached hydrogen (secondary N) is 1. The molecular weight excluding hydrogens is 447 g/mol. The number of hydrogen-bond donors (Lipinski definition) is 1. The molecule has 0 fully saturated rings. The molecule has 2 amide bonds. The van der Waals surface area contributed by atoms with Gasteiger partial charge in [0.2, 0.25) is 5.91 Å². The predicted molar refractivity (Wildman–Crippen MR) is 131 cm³/mol. The molecule has 2 rings (SSSR count). The van der Waals surface area contributed by atoms with Crippen LogP contribution in [0.4, 0.5) is 0 Å². The highest BCUT2D eigenvalue weighted by Gasteiger charge is 2.29. The van der Waals surface area contributed by atoms with Crippen molar-refractivity contribution < 1.29 is 14.3 Å². The number of carbonyl (C=O) groups is 2. The third kappa shape index (κ3) is 6.88. The van der Waals surface area contributed by atoms with Gasteiger partial charge in [0, 0.05) is 12.6 Å². The number of hydrogen-bond acceptors (Lipinski definition) is 3. The van der Waals surface area contributed by atoms with Gasteiger partial charge in [0.15, 0.2) is 6.61 Å². The second-order valence-electron chi connectivity index (χ2n) is 8.35. The van der Waals surface area contributed by atoms with Crippen LogP contribution in [0.2, 0.25) is 10.0 Å². The molecule has 0 saturated heterocycles. The molecule has 5 nitrogen and oxygen atoms in total. The summed E-state index contributed by atoms with van der Waals surface area (Å²) < 4.78 is 5.91. The van der Waals surface area contributed by atoms with E-state index in [4.69, 9.17) is 27.9 Å². The quantitative estimate of drug-likeness (QED) is 0.507. The lowest BCUT2D eigenvalue weighted by Crippen LogP contribution is -2.51. The van der Waals surface area contributed by atoms with Crippen LogP contribution in [0.1, 0.15) is 49.4 Å². The zero-order valence-electron chi connectivity index (χ0n) is 19.6. The Labute approximate surface area is 201 Å². The van der Waals surface area contributed by atoms with Gasteiger partial charge in [-0.3, -0.25) is 9.59 Å². The Morgan fingerprint density at radius 3 is 2.34 bits per heavy atom. The molecule has 0 aliphatic rings. The summed E-state index contributed by atoms with van der Waals surface area (Å²) in [6, 6.07) is 8.52. The van der Waals surface area contributed by atoms with E-state index < -0.39 is 6.04 Å². The van der Waals surface area contributed by atoms with E-state index in [0.29, 0.717) is 22.2 Å². The highest BCUT2D eigenvalue weighted by atomic mass is 35.5. The number of benzene rings is 2. The predicted octanol–water partition coefficient (Wildman–Crippen LogP) is 5.63. The van der Waals surface area contributed by atoms with Crippen molar-refractivity contribution in [2.24, 2.45) is 0 Å². The fraction of sp³-hybridized carbons (Fsp3) is 0.440. The number of halogens is 2. The van der Waals surface area contributed by atoms with E-state index in [-0.39, 0.29) is 31.0 Å². The summed E-state index contributed by atoms with van der Waals surface area (Å²) in [4.78, 5) is 27.7. The lowest BCUT2D eigenvalue weighted by molar-refractivity contribution is -0.143. The molecule has 2 aromatic rings. The molecule has 174 valence electrons. The third-order valence-corrected chi connectivity index (χ3v) is 6.01. The van der Waals surface area contributed by atoms with Crippen LogP contribution in [0, 0.1) is 20.8 Å². The van der Waals surface area contributed by atoms with Crippen molar-refractivity contribution in [3.05, 3.63) is 62.6 Å². The molecule has 0 heterocycles. The van der Waals surface area contributed by atoms with Gasteiger partial charge in [0.05, 0.1) is 10.0 Å². The van der Waals surface area contributed by atoms with Gasteiger partial charge in [-0.05, 0) is 81.5 Å². The number of rotatable bonds is 9. The maximum Gasteiger partial charge on any atom is 0.261 e. The fourth-order valence-corrected chi connectivity index (χ4v) is 3.83. The van der Waals surface area contributed by atoms with E-state index >= 15 is 0 Å². The van der Waals surface area contributed by atoms with E-state index in [0.717, 1.165) is 22.3 Å². The molecule has 0 bridgehead atoms. The summed E-state index contributed by atoms with van der Waals surface area (Å²) in [6.45, 7) is 11.7. The topological polar surface area (TPSA) is 58.6 Å². The second-order valence-corrected chi connectivity index (χ2v) is 9.17. The van der Waals surface area contributed by atoms with Crippen molar-refractivity contribution in [1.29, 1.82) is 0 Å². The van der Waals surface area contributed by atoms with Crippen LogP contribution >= 0.6 is 23.2 Å². The molecule has 1 N–H and O–H groups in total. The Morgan fingerprint density at radius 1 is 1.06 bits per heavy atom. The summed E-state index contributed by atoms with van der Waals surface area (Å²) in [7, 11) is 0. The van der Waals surface area contributed by atoms with E-state index in [1.807, 2.05) is 47.6 Å². The fourth-order valence-electron chi connectivity index (χ4n) is 3.51. The van der Waals surface area contributed by atoms with Crippen LogP contribution in [-0.4, -0.2) is 35.4 Å². The lowest BCUT2D eigenvalue weighted by Gasteiger charge is -2.31. The average Bonchev–Trinajstić information content (AvgIpc) is 2.71. The van der Waals surface area contributed by atoms with Gasteiger partial charge in [-0.2, -0.15) is 0 Å². The summed E-state index contributed by atoms with van der Waals surface area (Å²) in [5, 5.41) is 3.75. The zero-order chi connectivity index (χ0) is 24.0. The molecule has 0 aromatic heterocycles. The van der Waals surface area contributed by atoms with Gasteiger partial charge in [0.1, 0.15) is 11.8 Å². The Balaban J connectivity index is 2.30. The van der Waals surface area contributed by atoms with E-state index in [1.54, 1.807) is 23.1 Å². The Hall–Kier alpha value is -2.24. The maximum absolute atomic E-state index is 13.3. The first kappa shape index (κ1) is 26.0. The molecule has 0 aliphatic heterocycles. The molecule has 0 radical (unpaired) electrons. The largest absolute Gasteiger partial charge is 0.483 e. The molecule has 1 atom stereocenters. The third-order valence-electron chi connectivity index (χ3n) is 5.27. The van der Waals surface area contributed by atoms with Gasteiger partial charge in [-0.15, -0.1) is 0 Å². The first-order valence-corrected chi connectivity index (χ1v) is 11.5. The van der Waals surface area contributed by atoms with Crippen LogP contribution in [0.5, 0.6) is 5.75 Å². The molecule has 0 spiro atoms. The number of aryl methyl sites for hydroxylation is 2. The van der Waals surface area contributed by atoms with Gasteiger partial charge in [-0.1, -0.05) is 42.3 Å². The van der Waals surface area contributed by atoms with Gasteiger partial charge >= 0.3 is 0 Å².